The number of rotatable bonds is 4. The Morgan fingerprint density at radius 2 is 2.59 bits per heavy atom. The Labute approximate surface area is 100 Å². The number of nitrogens with two attached hydrogens (primary N) is 1. The summed E-state index contributed by atoms with van der Waals surface area (Å²) >= 11 is 0. The van der Waals surface area contributed by atoms with Gasteiger partial charge in [0.25, 0.3) is 0 Å². The number of aromatic nitrogens is 1. The van der Waals surface area contributed by atoms with Gasteiger partial charge in [0.05, 0.1) is 0 Å². The van der Waals surface area contributed by atoms with Gasteiger partial charge < -0.3 is 20.5 Å². The smallest absolute Gasteiger partial charge is 0.226 e. The van der Waals surface area contributed by atoms with Crippen LogP contribution in [-0.4, -0.2) is 41.6 Å². The number of carbonyl (C=O) groups excluding carboxylic acids is 1. The van der Waals surface area contributed by atoms with Crippen LogP contribution in [0.1, 0.15) is 18.6 Å². The maximum absolute atomic E-state index is 11.6. The van der Waals surface area contributed by atoms with Crippen LogP contribution in [-0.2, 0) is 4.79 Å². The molecule has 17 heavy (non-hydrogen) atoms. The van der Waals surface area contributed by atoms with Crippen molar-refractivity contribution in [1.29, 1.82) is 0 Å². The highest BCUT2D eigenvalue weighted by Gasteiger charge is 2.19. The molecule has 0 unspecified atom stereocenters. The van der Waals surface area contributed by atoms with Gasteiger partial charge in [0.1, 0.15) is 5.76 Å². The van der Waals surface area contributed by atoms with Gasteiger partial charge >= 0.3 is 0 Å². The summed E-state index contributed by atoms with van der Waals surface area (Å²) in [6.07, 6.45) is 1.47. The number of anilines is 1. The second kappa shape index (κ2) is 5.29. The number of aryl methyl sites for hydroxylation is 1. The average molecular weight is 238 g/mol. The first-order valence-corrected chi connectivity index (χ1v) is 5.84. The van der Waals surface area contributed by atoms with E-state index in [-0.39, 0.29) is 11.9 Å². The predicted molar refractivity (Wildman–Crippen MR) is 63.5 cm³/mol. The predicted octanol–water partition coefficient (Wildman–Crippen LogP) is 0.345. The van der Waals surface area contributed by atoms with E-state index in [0.717, 1.165) is 26.1 Å². The van der Waals surface area contributed by atoms with E-state index >= 15 is 0 Å². The first kappa shape index (κ1) is 12.1. The number of hydrogen-bond donors (Lipinski definition) is 2. The van der Waals surface area contributed by atoms with Gasteiger partial charge in [0.2, 0.25) is 5.91 Å². The summed E-state index contributed by atoms with van der Waals surface area (Å²) < 4.78 is 4.87. The molecule has 0 bridgehead atoms. The standard InChI is InChI=1S/C11H18N4O2/c1-8-6-10(14-17-8)13-11(16)3-5-15-4-2-9(12)7-15/h6,9H,2-5,7,12H2,1H3,(H,13,14,16)/t9-/m0/s1. The average Bonchev–Trinajstić information content (AvgIpc) is 2.85. The molecule has 0 aromatic carbocycles. The molecular weight excluding hydrogens is 220 g/mol. The van der Waals surface area contributed by atoms with Crippen molar-refractivity contribution in [2.45, 2.75) is 25.8 Å². The van der Waals surface area contributed by atoms with E-state index in [1.165, 1.54) is 0 Å². The van der Waals surface area contributed by atoms with Crippen LogP contribution in [0.15, 0.2) is 10.6 Å². The lowest BCUT2D eigenvalue weighted by Gasteiger charge is -2.13. The van der Waals surface area contributed by atoms with Crippen LogP contribution in [0, 0.1) is 6.92 Å². The molecule has 1 aliphatic rings. The second-order valence-corrected chi connectivity index (χ2v) is 4.47. The van der Waals surface area contributed by atoms with Crippen molar-refractivity contribution in [3.8, 4) is 0 Å². The molecule has 1 aromatic rings. The van der Waals surface area contributed by atoms with Gasteiger partial charge in [-0.25, -0.2) is 0 Å². The van der Waals surface area contributed by atoms with Crippen molar-refractivity contribution in [3.63, 3.8) is 0 Å². The summed E-state index contributed by atoms with van der Waals surface area (Å²) in [6, 6.07) is 1.96. The molecule has 1 aliphatic heterocycles. The summed E-state index contributed by atoms with van der Waals surface area (Å²) in [5.41, 5.74) is 5.79. The second-order valence-electron chi connectivity index (χ2n) is 4.47. The minimum atomic E-state index is -0.0428. The SMILES string of the molecule is Cc1cc(NC(=O)CCN2CC[C@H](N)C2)no1. The zero-order valence-electron chi connectivity index (χ0n) is 9.98. The summed E-state index contributed by atoms with van der Waals surface area (Å²) in [7, 11) is 0. The fourth-order valence-corrected chi connectivity index (χ4v) is 1.96. The van der Waals surface area contributed by atoms with Crippen LogP contribution in [0.4, 0.5) is 5.82 Å². The zero-order chi connectivity index (χ0) is 12.3. The van der Waals surface area contributed by atoms with Crippen molar-refractivity contribution in [2.75, 3.05) is 25.0 Å². The molecule has 1 saturated heterocycles. The van der Waals surface area contributed by atoms with Crippen LogP contribution >= 0.6 is 0 Å². The molecule has 1 amide bonds. The van der Waals surface area contributed by atoms with E-state index in [2.05, 4.69) is 15.4 Å². The highest BCUT2D eigenvalue weighted by molar-refractivity contribution is 5.89. The summed E-state index contributed by atoms with van der Waals surface area (Å²) in [4.78, 5) is 13.8. The third-order valence-corrected chi connectivity index (χ3v) is 2.86. The number of amides is 1. The Bertz CT molecular complexity index is 391. The van der Waals surface area contributed by atoms with Gasteiger partial charge in [-0.05, 0) is 19.9 Å². The third-order valence-electron chi connectivity index (χ3n) is 2.86. The lowest BCUT2D eigenvalue weighted by atomic mass is 10.3. The van der Waals surface area contributed by atoms with Gasteiger partial charge in [-0.1, -0.05) is 5.16 Å². The third kappa shape index (κ3) is 3.54. The molecule has 0 aliphatic carbocycles. The van der Waals surface area contributed by atoms with E-state index in [1.807, 2.05) is 0 Å². The lowest BCUT2D eigenvalue weighted by Crippen LogP contribution is -2.29. The van der Waals surface area contributed by atoms with Crippen molar-refractivity contribution in [2.24, 2.45) is 5.73 Å². The Hall–Kier alpha value is -1.40. The van der Waals surface area contributed by atoms with E-state index in [4.69, 9.17) is 10.3 Å². The largest absolute Gasteiger partial charge is 0.360 e. The van der Waals surface area contributed by atoms with Crippen LogP contribution in [0.2, 0.25) is 0 Å². The zero-order valence-corrected chi connectivity index (χ0v) is 9.98. The minimum absolute atomic E-state index is 0.0428. The molecule has 94 valence electrons. The first-order valence-electron chi connectivity index (χ1n) is 5.84. The van der Waals surface area contributed by atoms with Crippen molar-refractivity contribution in [1.82, 2.24) is 10.1 Å². The molecule has 1 fully saturated rings. The first-order chi connectivity index (χ1) is 8.13. The van der Waals surface area contributed by atoms with Crippen molar-refractivity contribution in [3.05, 3.63) is 11.8 Å². The molecule has 0 spiro atoms. The highest BCUT2D eigenvalue weighted by Crippen LogP contribution is 2.09. The molecule has 1 atom stereocenters. The van der Waals surface area contributed by atoms with Gasteiger partial charge in [0.15, 0.2) is 5.82 Å². The van der Waals surface area contributed by atoms with Gasteiger partial charge in [-0.3, -0.25) is 4.79 Å². The topological polar surface area (TPSA) is 84.4 Å². The molecule has 1 aromatic heterocycles. The lowest BCUT2D eigenvalue weighted by molar-refractivity contribution is -0.116. The molecule has 2 rings (SSSR count). The molecule has 6 heteroatoms. The fraction of sp³-hybridized carbons (Fsp3) is 0.636. The summed E-state index contributed by atoms with van der Waals surface area (Å²) in [5, 5.41) is 6.40. The Kier molecular flexibility index (Phi) is 3.75. The molecule has 2 heterocycles. The number of likely N-dealkylation sites (tertiary alicyclic amines) is 1. The van der Waals surface area contributed by atoms with E-state index in [0.29, 0.717) is 18.0 Å². The monoisotopic (exact) mass is 238 g/mol. The van der Waals surface area contributed by atoms with Crippen LogP contribution in [0.25, 0.3) is 0 Å². The summed E-state index contributed by atoms with van der Waals surface area (Å²) in [5.74, 6) is 1.12. The minimum Gasteiger partial charge on any atom is -0.360 e. The van der Waals surface area contributed by atoms with E-state index in [9.17, 15) is 4.79 Å². The van der Waals surface area contributed by atoms with Crippen molar-refractivity contribution >= 4 is 11.7 Å². The van der Waals surface area contributed by atoms with E-state index < -0.39 is 0 Å². The number of carbonyl (C=O) groups is 1. The number of nitrogens with zero attached hydrogens (tertiary/aromatic N) is 2. The van der Waals surface area contributed by atoms with Gasteiger partial charge in [-0.15, -0.1) is 0 Å². The maximum Gasteiger partial charge on any atom is 0.226 e. The van der Waals surface area contributed by atoms with Gasteiger partial charge in [0, 0.05) is 31.6 Å². The van der Waals surface area contributed by atoms with E-state index in [1.54, 1.807) is 13.0 Å². The van der Waals surface area contributed by atoms with Crippen LogP contribution in [0.5, 0.6) is 0 Å². The van der Waals surface area contributed by atoms with Crippen molar-refractivity contribution < 1.29 is 9.32 Å². The molecule has 0 radical (unpaired) electrons. The fourth-order valence-electron chi connectivity index (χ4n) is 1.96. The van der Waals surface area contributed by atoms with Crippen LogP contribution in [0.3, 0.4) is 0 Å². The number of hydrogen-bond acceptors (Lipinski definition) is 5. The van der Waals surface area contributed by atoms with Gasteiger partial charge in [-0.2, -0.15) is 0 Å². The summed E-state index contributed by atoms with van der Waals surface area (Å²) in [6.45, 7) is 4.40. The van der Waals surface area contributed by atoms with Crippen LogP contribution < -0.4 is 11.1 Å². The molecular formula is C11H18N4O2. The Balaban J connectivity index is 1.71. The normalized spacial score (nSPS) is 20.7. The quantitative estimate of drug-likeness (QED) is 0.790. The molecule has 0 saturated carbocycles. The number of nitrogens with one attached hydrogen (secondary N) is 1. The molecule has 3 N–H and O–H groups in total. The Morgan fingerprint density at radius 3 is 3.18 bits per heavy atom. The maximum atomic E-state index is 11.6. The highest BCUT2D eigenvalue weighted by atomic mass is 16.5. The Morgan fingerprint density at radius 1 is 1.76 bits per heavy atom. The molecule has 6 nitrogen and oxygen atoms in total.